The highest BCUT2D eigenvalue weighted by Crippen LogP contribution is 2.21. The molecule has 0 aliphatic rings. The first kappa shape index (κ1) is 9.52. The zero-order chi connectivity index (χ0) is 10.8. The molecule has 3 nitrogen and oxygen atoms in total. The number of aromatic amines is 1. The Morgan fingerprint density at radius 2 is 2.27 bits per heavy atom. The SMILES string of the molecule is Cc1c[nH]c2c(C=CC(N)=O)cccc12. The van der Waals surface area contributed by atoms with Crippen LogP contribution >= 0.6 is 0 Å². The predicted octanol–water partition coefficient (Wildman–Crippen LogP) is 1.97. The molecule has 1 amide bonds. The van der Waals surface area contributed by atoms with Crippen molar-refractivity contribution in [3.63, 3.8) is 0 Å². The minimum Gasteiger partial charge on any atom is -0.366 e. The lowest BCUT2D eigenvalue weighted by Gasteiger charge is -1.96. The van der Waals surface area contributed by atoms with Crippen molar-refractivity contribution >= 4 is 22.9 Å². The highest BCUT2D eigenvalue weighted by atomic mass is 16.1. The van der Waals surface area contributed by atoms with Crippen molar-refractivity contribution in [3.05, 3.63) is 41.6 Å². The third-order valence-electron chi connectivity index (χ3n) is 2.38. The van der Waals surface area contributed by atoms with Crippen molar-refractivity contribution < 1.29 is 4.79 Å². The zero-order valence-corrected chi connectivity index (χ0v) is 8.45. The van der Waals surface area contributed by atoms with E-state index in [2.05, 4.69) is 4.98 Å². The largest absolute Gasteiger partial charge is 0.366 e. The molecule has 0 unspecified atom stereocenters. The molecule has 0 fully saturated rings. The van der Waals surface area contributed by atoms with Gasteiger partial charge in [-0.05, 0) is 24.1 Å². The van der Waals surface area contributed by atoms with Crippen LogP contribution in [0.4, 0.5) is 0 Å². The number of carbonyl (C=O) groups is 1. The summed E-state index contributed by atoms with van der Waals surface area (Å²) in [4.78, 5) is 13.8. The molecule has 0 radical (unpaired) electrons. The molecule has 0 bridgehead atoms. The summed E-state index contributed by atoms with van der Waals surface area (Å²) in [5, 5.41) is 1.17. The van der Waals surface area contributed by atoms with Crippen LogP contribution in [-0.4, -0.2) is 10.9 Å². The van der Waals surface area contributed by atoms with Crippen molar-refractivity contribution in [1.29, 1.82) is 0 Å². The molecule has 0 saturated heterocycles. The number of rotatable bonds is 2. The number of aromatic nitrogens is 1. The molecule has 1 heterocycles. The smallest absolute Gasteiger partial charge is 0.241 e. The summed E-state index contributed by atoms with van der Waals surface area (Å²) in [6.07, 6.45) is 5.04. The van der Waals surface area contributed by atoms with Gasteiger partial charge in [0.2, 0.25) is 5.91 Å². The van der Waals surface area contributed by atoms with Crippen LogP contribution in [-0.2, 0) is 4.79 Å². The van der Waals surface area contributed by atoms with Gasteiger partial charge in [0.15, 0.2) is 0 Å². The number of hydrogen-bond donors (Lipinski definition) is 2. The quantitative estimate of drug-likeness (QED) is 0.715. The van der Waals surface area contributed by atoms with Crippen molar-refractivity contribution in [2.75, 3.05) is 0 Å². The van der Waals surface area contributed by atoms with Gasteiger partial charge in [0.1, 0.15) is 0 Å². The highest BCUT2D eigenvalue weighted by molar-refractivity contribution is 5.95. The molecule has 0 aliphatic heterocycles. The van der Waals surface area contributed by atoms with Gasteiger partial charge in [0.25, 0.3) is 0 Å². The molecular weight excluding hydrogens is 188 g/mol. The van der Waals surface area contributed by atoms with E-state index in [1.54, 1.807) is 6.08 Å². The van der Waals surface area contributed by atoms with E-state index in [0.717, 1.165) is 11.1 Å². The van der Waals surface area contributed by atoms with Crippen LogP contribution in [0.2, 0.25) is 0 Å². The number of carbonyl (C=O) groups excluding carboxylic acids is 1. The fourth-order valence-electron chi connectivity index (χ4n) is 1.63. The van der Waals surface area contributed by atoms with Gasteiger partial charge < -0.3 is 10.7 Å². The van der Waals surface area contributed by atoms with Crippen LogP contribution in [0, 0.1) is 6.92 Å². The molecule has 2 rings (SSSR count). The summed E-state index contributed by atoms with van der Waals surface area (Å²) in [5.74, 6) is -0.435. The lowest BCUT2D eigenvalue weighted by Crippen LogP contribution is -2.05. The molecule has 0 atom stereocenters. The second kappa shape index (κ2) is 3.61. The highest BCUT2D eigenvalue weighted by Gasteiger charge is 2.01. The first-order valence-corrected chi connectivity index (χ1v) is 4.72. The maximum Gasteiger partial charge on any atom is 0.241 e. The van der Waals surface area contributed by atoms with E-state index >= 15 is 0 Å². The van der Waals surface area contributed by atoms with Gasteiger partial charge in [0.05, 0.1) is 5.52 Å². The van der Waals surface area contributed by atoms with E-state index in [9.17, 15) is 4.79 Å². The maximum atomic E-state index is 10.6. The van der Waals surface area contributed by atoms with Crippen LogP contribution in [0.15, 0.2) is 30.5 Å². The van der Waals surface area contributed by atoms with Gasteiger partial charge in [-0.25, -0.2) is 0 Å². The Hall–Kier alpha value is -2.03. The number of aryl methyl sites for hydroxylation is 1. The molecule has 3 N–H and O–H groups in total. The number of nitrogens with one attached hydrogen (secondary N) is 1. The third-order valence-corrected chi connectivity index (χ3v) is 2.38. The fraction of sp³-hybridized carbons (Fsp3) is 0.0833. The Balaban J connectivity index is 2.56. The summed E-state index contributed by atoms with van der Waals surface area (Å²) in [5.41, 5.74) is 8.25. The van der Waals surface area contributed by atoms with E-state index in [-0.39, 0.29) is 0 Å². The predicted molar refractivity (Wildman–Crippen MR) is 61.3 cm³/mol. The lowest BCUT2D eigenvalue weighted by molar-refractivity contribution is -0.113. The van der Waals surface area contributed by atoms with Crippen molar-refractivity contribution in [3.8, 4) is 0 Å². The standard InChI is InChI=1S/C12H12N2O/c1-8-7-14-12-9(5-6-11(13)15)3-2-4-10(8)12/h2-7,14H,1H3,(H2,13,15). The van der Waals surface area contributed by atoms with Crippen LogP contribution in [0.1, 0.15) is 11.1 Å². The number of nitrogens with two attached hydrogens (primary N) is 1. The Bertz CT molecular complexity index is 538. The summed E-state index contributed by atoms with van der Waals surface area (Å²) in [7, 11) is 0. The van der Waals surface area contributed by atoms with E-state index in [0.29, 0.717) is 0 Å². The van der Waals surface area contributed by atoms with Crippen LogP contribution in [0.3, 0.4) is 0 Å². The Morgan fingerprint density at radius 3 is 3.00 bits per heavy atom. The molecule has 1 aromatic carbocycles. The molecule has 1 aromatic heterocycles. The normalized spacial score (nSPS) is 11.3. The number of fused-ring (bicyclic) bond motifs is 1. The van der Waals surface area contributed by atoms with Crippen LogP contribution < -0.4 is 5.73 Å². The average molecular weight is 200 g/mol. The number of amides is 1. The van der Waals surface area contributed by atoms with Gasteiger partial charge >= 0.3 is 0 Å². The van der Waals surface area contributed by atoms with Crippen LogP contribution in [0.5, 0.6) is 0 Å². The van der Waals surface area contributed by atoms with E-state index in [1.807, 2.05) is 31.3 Å². The third kappa shape index (κ3) is 1.76. The van der Waals surface area contributed by atoms with Crippen molar-refractivity contribution in [2.24, 2.45) is 5.73 Å². The van der Waals surface area contributed by atoms with Gasteiger partial charge in [-0.2, -0.15) is 0 Å². The maximum absolute atomic E-state index is 10.6. The number of H-pyrrole nitrogens is 1. The topological polar surface area (TPSA) is 58.9 Å². The monoisotopic (exact) mass is 200 g/mol. The van der Waals surface area contributed by atoms with E-state index in [1.165, 1.54) is 17.0 Å². The summed E-state index contributed by atoms with van der Waals surface area (Å²) >= 11 is 0. The Labute approximate surface area is 87.6 Å². The molecule has 0 aliphatic carbocycles. The van der Waals surface area contributed by atoms with Gasteiger partial charge in [-0.1, -0.05) is 18.2 Å². The average Bonchev–Trinajstić information content (AvgIpc) is 2.58. The van der Waals surface area contributed by atoms with Gasteiger partial charge in [-0.3, -0.25) is 4.79 Å². The summed E-state index contributed by atoms with van der Waals surface area (Å²) in [6.45, 7) is 2.04. The summed E-state index contributed by atoms with van der Waals surface area (Å²) in [6, 6.07) is 5.95. The number of para-hydroxylation sites is 1. The van der Waals surface area contributed by atoms with Gasteiger partial charge in [0, 0.05) is 17.7 Å². The Morgan fingerprint density at radius 1 is 1.47 bits per heavy atom. The lowest BCUT2D eigenvalue weighted by atomic mass is 10.1. The number of primary amides is 1. The number of benzene rings is 1. The molecule has 15 heavy (non-hydrogen) atoms. The molecule has 76 valence electrons. The molecule has 0 saturated carbocycles. The van der Waals surface area contributed by atoms with Crippen molar-refractivity contribution in [2.45, 2.75) is 6.92 Å². The minimum absolute atomic E-state index is 0.435. The summed E-state index contributed by atoms with van der Waals surface area (Å²) < 4.78 is 0. The molecule has 0 spiro atoms. The van der Waals surface area contributed by atoms with Gasteiger partial charge in [-0.15, -0.1) is 0 Å². The zero-order valence-electron chi connectivity index (χ0n) is 8.45. The van der Waals surface area contributed by atoms with Crippen LogP contribution in [0.25, 0.3) is 17.0 Å². The molecule has 2 aromatic rings. The molecular formula is C12H12N2O. The second-order valence-corrected chi connectivity index (χ2v) is 3.48. The second-order valence-electron chi connectivity index (χ2n) is 3.48. The number of hydrogen-bond acceptors (Lipinski definition) is 1. The van der Waals surface area contributed by atoms with E-state index in [4.69, 9.17) is 5.73 Å². The van der Waals surface area contributed by atoms with E-state index < -0.39 is 5.91 Å². The van der Waals surface area contributed by atoms with Crippen molar-refractivity contribution in [1.82, 2.24) is 4.98 Å². The minimum atomic E-state index is -0.435. The first-order chi connectivity index (χ1) is 7.18. The Kier molecular flexibility index (Phi) is 2.29. The molecule has 3 heteroatoms. The first-order valence-electron chi connectivity index (χ1n) is 4.72. The fourth-order valence-corrected chi connectivity index (χ4v) is 1.63.